The molecule has 8 heteroatoms. The monoisotopic (exact) mass is 452 g/mol. The second-order valence-electron chi connectivity index (χ2n) is 7.00. The molecule has 1 atom stereocenters. The minimum atomic E-state index is -0.756. The molecular weight excluding hydrogens is 427 g/mol. The normalized spacial score (nSPS) is 11.7. The summed E-state index contributed by atoms with van der Waals surface area (Å²) >= 11 is 12.6. The van der Waals surface area contributed by atoms with Gasteiger partial charge in [-0.2, -0.15) is 0 Å². The number of nitrogens with zero attached hydrogens (tertiary/aromatic N) is 1. The van der Waals surface area contributed by atoms with Crippen LogP contribution in [0.5, 0.6) is 11.5 Å². The molecule has 0 aliphatic rings. The maximum absolute atomic E-state index is 13.1. The molecule has 30 heavy (non-hydrogen) atoms. The Kier molecular flexibility index (Phi) is 8.81. The van der Waals surface area contributed by atoms with Crippen LogP contribution in [0, 0.1) is 0 Å². The van der Waals surface area contributed by atoms with Crippen LogP contribution in [0.2, 0.25) is 10.0 Å². The van der Waals surface area contributed by atoms with Gasteiger partial charge in [-0.05, 0) is 45.0 Å². The van der Waals surface area contributed by atoms with Crippen molar-refractivity contribution in [3.63, 3.8) is 0 Å². The van der Waals surface area contributed by atoms with Gasteiger partial charge in [0.25, 0.3) is 5.91 Å². The van der Waals surface area contributed by atoms with Crippen LogP contribution < -0.4 is 14.8 Å². The van der Waals surface area contributed by atoms with Gasteiger partial charge in [0.15, 0.2) is 18.1 Å². The Morgan fingerprint density at radius 1 is 1.00 bits per heavy atom. The van der Waals surface area contributed by atoms with Gasteiger partial charge in [0.1, 0.15) is 6.04 Å². The van der Waals surface area contributed by atoms with E-state index in [4.69, 9.17) is 32.7 Å². The molecule has 2 rings (SSSR count). The molecule has 0 saturated heterocycles. The number of methoxy groups -OCH3 is 1. The molecule has 0 aliphatic carbocycles. The number of benzene rings is 2. The topological polar surface area (TPSA) is 67.9 Å². The molecule has 0 radical (unpaired) electrons. The van der Waals surface area contributed by atoms with Crippen LogP contribution in [0.1, 0.15) is 26.3 Å². The Bertz CT molecular complexity index is 869. The van der Waals surface area contributed by atoms with E-state index in [0.717, 1.165) is 0 Å². The van der Waals surface area contributed by atoms with Crippen molar-refractivity contribution < 1.29 is 19.1 Å². The van der Waals surface area contributed by atoms with E-state index < -0.39 is 6.04 Å². The molecule has 2 amide bonds. The number of nitrogens with one attached hydrogen (secondary N) is 1. The predicted octanol–water partition coefficient (Wildman–Crippen LogP) is 4.32. The van der Waals surface area contributed by atoms with Crippen molar-refractivity contribution >= 4 is 35.0 Å². The molecule has 6 nitrogen and oxygen atoms in total. The molecule has 0 heterocycles. The van der Waals surface area contributed by atoms with E-state index in [1.807, 2.05) is 13.8 Å². The van der Waals surface area contributed by atoms with Crippen molar-refractivity contribution in [1.29, 1.82) is 0 Å². The van der Waals surface area contributed by atoms with E-state index in [9.17, 15) is 9.59 Å². The van der Waals surface area contributed by atoms with Gasteiger partial charge >= 0.3 is 0 Å². The molecule has 0 aromatic heterocycles. The Hall–Kier alpha value is -2.44. The molecule has 162 valence electrons. The molecular formula is C22H26Cl2N2O4. The molecule has 2 aromatic rings. The van der Waals surface area contributed by atoms with Crippen LogP contribution in [0.15, 0.2) is 42.5 Å². The predicted molar refractivity (Wildman–Crippen MR) is 118 cm³/mol. The maximum Gasteiger partial charge on any atom is 0.261 e. The Labute approximate surface area is 187 Å². The number of carbonyl (C=O) groups is 2. The number of carbonyl (C=O) groups excluding carboxylic acids is 2. The summed E-state index contributed by atoms with van der Waals surface area (Å²) in [6.07, 6.45) is 0. The van der Waals surface area contributed by atoms with Gasteiger partial charge in [-0.25, -0.2) is 0 Å². The number of rotatable bonds is 9. The number of para-hydroxylation sites is 2. The van der Waals surface area contributed by atoms with Crippen molar-refractivity contribution in [2.75, 3.05) is 13.7 Å². The first-order chi connectivity index (χ1) is 14.2. The Morgan fingerprint density at radius 2 is 1.60 bits per heavy atom. The third-order valence-corrected chi connectivity index (χ3v) is 5.12. The lowest BCUT2D eigenvalue weighted by molar-refractivity contribution is -0.142. The molecule has 0 spiro atoms. The maximum atomic E-state index is 13.1. The summed E-state index contributed by atoms with van der Waals surface area (Å²) in [6, 6.07) is 11.3. The van der Waals surface area contributed by atoms with Gasteiger partial charge in [-0.1, -0.05) is 41.4 Å². The van der Waals surface area contributed by atoms with Crippen LogP contribution in [-0.2, 0) is 16.1 Å². The third kappa shape index (κ3) is 6.28. The largest absolute Gasteiger partial charge is 0.493 e. The summed E-state index contributed by atoms with van der Waals surface area (Å²) in [5.74, 6) is 0.280. The van der Waals surface area contributed by atoms with E-state index in [1.165, 1.54) is 12.0 Å². The van der Waals surface area contributed by atoms with Crippen molar-refractivity contribution in [1.82, 2.24) is 10.2 Å². The van der Waals surface area contributed by atoms with Gasteiger partial charge < -0.3 is 19.7 Å². The lowest BCUT2D eigenvalue weighted by Crippen LogP contribution is -2.50. The Morgan fingerprint density at radius 3 is 2.17 bits per heavy atom. The standard InChI is InChI=1S/C22H26Cl2N2O4/c1-14(2)25-22(28)15(3)26(12-16-17(23)8-7-9-18(16)24)21(27)13-30-20-11-6-5-10-19(20)29-4/h5-11,14-15H,12-13H2,1-4H3,(H,25,28)/t15-/m0/s1. The smallest absolute Gasteiger partial charge is 0.261 e. The third-order valence-electron chi connectivity index (χ3n) is 4.41. The second-order valence-corrected chi connectivity index (χ2v) is 7.82. The van der Waals surface area contributed by atoms with Crippen molar-refractivity contribution in [2.24, 2.45) is 0 Å². The first-order valence-electron chi connectivity index (χ1n) is 9.53. The molecule has 0 fully saturated rings. The van der Waals surface area contributed by atoms with E-state index >= 15 is 0 Å². The fraction of sp³-hybridized carbons (Fsp3) is 0.364. The zero-order valence-corrected chi connectivity index (χ0v) is 19.0. The van der Waals surface area contributed by atoms with E-state index in [-0.39, 0.29) is 31.0 Å². The highest BCUT2D eigenvalue weighted by molar-refractivity contribution is 6.36. The zero-order valence-electron chi connectivity index (χ0n) is 17.4. The molecule has 2 aromatic carbocycles. The van der Waals surface area contributed by atoms with Gasteiger partial charge in [-0.3, -0.25) is 9.59 Å². The van der Waals surface area contributed by atoms with Crippen LogP contribution in [0.25, 0.3) is 0 Å². The fourth-order valence-electron chi connectivity index (χ4n) is 2.80. The average Bonchev–Trinajstić information content (AvgIpc) is 2.71. The summed E-state index contributed by atoms with van der Waals surface area (Å²) in [5.41, 5.74) is 0.565. The molecule has 0 aliphatic heterocycles. The van der Waals surface area contributed by atoms with E-state index in [2.05, 4.69) is 5.32 Å². The van der Waals surface area contributed by atoms with Gasteiger partial charge in [-0.15, -0.1) is 0 Å². The molecule has 0 saturated carbocycles. The Balaban J connectivity index is 2.25. The van der Waals surface area contributed by atoms with Crippen LogP contribution in [0.3, 0.4) is 0 Å². The van der Waals surface area contributed by atoms with E-state index in [1.54, 1.807) is 49.4 Å². The molecule has 0 unspecified atom stereocenters. The highest BCUT2D eigenvalue weighted by atomic mass is 35.5. The summed E-state index contributed by atoms with van der Waals surface area (Å²) in [4.78, 5) is 27.1. The SMILES string of the molecule is COc1ccccc1OCC(=O)N(Cc1c(Cl)cccc1Cl)[C@@H](C)C(=O)NC(C)C. The lowest BCUT2D eigenvalue weighted by Gasteiger charge is -2.30. The molecule has 0 bridgehead atoms. The number of amides is 2. The fourth-order valence-corrected chi connectivity index (χ4v) is 3.32. The van der Waals surface area contributed by atoms with E-state index in [0.29, 0.717) is 27.1 Å². The van der Waals surface area contributed by atoms with Crippen molar-refractivity contribution in [2.45, 2.75) is 39.4 Å². The second kappa shape index (κ2) is 11.1. The van der Waals surface area contributed by atoms with Crippen LogP contribution in [-0.4, -0.2) is 42.5 Å². The van der Waals surface area contributed by atoms with Gasteiger partial charge in [0.2, 0.25) is 5.91 Å². The van der Waals surface area contributed by atoms with Gasteiger partial charge in [0, 0.05) is 28.2 Å². The summed E-state index contributed by atoms with van der Waals surface area (Å²) < 4.78 is 10.9. The number of hydrogen-bond acceptors (Lipinski definition) is 4. The summed E-state index contributed by atoms with van der Waals surface area (Å²) in [7, 11) is 1.52. The molecule has 1 N–H and O–H groups in total. The minimum Gasteiger partial charge on any atom is -0.493 e. The lowest BCUT2D eigenvalue weighted by atomic mass is 10.1. The number of halogens is 2. The average molecular weight is 453 g/mol. The first kappa shape index (κ1) is 23.8. The minimum absolute atomic E-state index is 0.0642. The van der Waals surface area contributed by atoms with Crippen molar-refractivity contribution in [3.05, 3.63) is 58.1 Å². The van der Waals surface area contributed by atoms with Crippen LogP contribution in [0.4, 0.5) is 0 Å². The highest BCUT2D eigenvalue weighted by Crippen LogP contribution is 2.28. The number of ether oxygens (including phenoxy) is 2. The van der Waals surface area contributed by atoms with Crippen LogP contribution >= 0.6 is 23.2 Å². The quantitative estimate of drug-likeness (QED) is 0.614. The first-order valence-corrected chi connectivity index (χ1v) is 10.3. The summed E-state index contributed by atoms with van der Waals surface area (Å²) in [6.45, 7) is 5.16. The summed E-state index contributed by atoms with van der Waals surface area (Å²) in [5, 5.41) is 3.66. The number of hydrogen-bond donors (Lipinski definition) is 1. The zero-order chi connectivity index (χ0) is 22.3. The highest BCUT2D eigenvalue weighted by Gasteiger charge is 2.28. The van der Waals surface area contributed by atoms with Gasteiger partial charge in [0.05, 0.1) is 7.11 Å². The van der Waals surface area contributed by atoms with Crippen molar-refractivity contribution in [3.8, 4) is 11.5 Å².